The van der Waals surface area contributed by atoms with Crippen LogP contribution < -0.4 is 10.2 Å². The minimum absolute atomic E-state index is 0.0433. The first-order valence-corrected chi connectivity index (χ1v) is 11.4. The van der Waals surface area contributed by atoms with Crippen LogP contribution in [0.3, 0.4) is 0 Å². The highest BCUT2D eigenvalue weighted by Gasteiger charge is 2.25. The van der Waals surface area contributed by atoms with Gasteiger partial charge in [0.15, 0.2) is 5.82 Å². The first-order valence-electron chi connectivity index (χ1n) is 10.1. The van der Waals surface area contributed by atoms with Gasteiger partial charge in [0.25, 0.3) is 12.3 Å². The number of anilines is 1. The zero-order chi connectivity index (χ0) is 23.5. The van der Waals surface area contributed by atoms with E-state index in [4.69, 9.17) is 11.6 Å². The lowest BCUT2D eigenvalue weighted by Gasteiger charge is -2.30. The molecule has 2 amide bonds. The Kier molecular flexibility index (Phi) is 6.99. The second kappa shape index (κ2) is 9.92. The van der Waals surface area contributed by atoms with Gasteiger partial charge >= 0.3 is 0 Å². The Morgan fingerprint density at radius 3 is 2.70 bits per heavy atom. The molecule has 0 saturated carbocycles. The zero-order valence-corrected chi connectivity index (χ0v) is 18.8. The van der Waals surface area contributed by atoms with Gasteiger partial charge in [0.05, 0.1) is 5.52 Å². The molecule has 1 fully saturated rings. The number of nitrogens with one attached hydrogen (secondary N) is 1. The molecule has 1 aliphatic rings. The number of carbonyl (C=O) groups is 2. The maximum Gasteiger partial charge on any atom is 0.297 e. The van der Waals surface area contributed by atoms with Crippen molar-refractivity contribution < 1.29 is 22.8 Å². The van der Waals surface area contributed by atoms with Crippen molar-refractivity contribution in [1.82, 2.24) is 20.2 Å². The molecule has 0 bridgehead atoms. The molecule has 1 saturated heterocycles. The van der Waals surface area contributed by atoms with Gasteiger partial charge in [-0.3, -0.25) is 9.59 Å². The third kappa shape index (κ3) is 5.19. The van der Waals surface area contributed by atoms with E-state index in [-0.39, 0.29) is 55.7 Å². The first-order chi connectivity index (χ1) is 15.8. The van der Waals surface area contributed by atoms with Crippen LogP contribution in [0.5, 0.6) is 0 Å². The number of nitrogens with zero attached hydrogens (tertiary/aromatic N) is 4. The molecular formula is C21H19ClF3N5O2S. The molecule has 7 nitrogen and oxygen atoms in total. The molecule has 0 radical (unpaired) electrons. The molecule has 0 aliphatic carbocycles. The molecule has 3 aromatic rings. The van der Waals surface area contributed by atoms with E-state index in [1.165, 1.54) is 22.4 Å². The van der Waals surface area contributed by atoms with Crippen molar-refractivity contribution in [3.8, 4) is 0 Å². The van der Waals surface area contributed by atoms with Gasteiger partial charge in [0.2, 0.25) is 5.91 Å². The number of alkyl halides is 2. The summed E-state index contributed by atoms with van der Waals surface area (Å²) in [5, 5.41) is 5.08. The topological polar surface area (TPSA) is 78.4 Å². The number of hydrogen-bond acceptors (Lipinski definition) is 6. The number of rotatable bonds is 3. The Morgan fingerprint density at radius 1 is 1.15 bits per heavy atom. The van der Waals surface area contributed by atoms with E-state index in [1.807, 2.05) is 0 Å². The third-order valence-corrected chi connectivity index (χ3v) is 6.31. The van der Waals surface area contributed by atoms with Crippen molar-refractivity contribution in [2.24, 2.45) is 0 Å². The maximum atomic E-state index is 14.0. The molecule has 12 heteroatoms. The number of halogens is 4. The number of aromatic nitrogens is 2. The highest BCUT2D eigenvalue weighted by Crippen LogP contribution is 2.29. The van der Waals surface area contributed by atoms with Crippen LogP contribution in [-0.4, -0.2) is 59.4 Å². The van der Waals surface area contributed by atoms with Crippen LogP contribution in [0.1, 0.15) is 28.3 Å². The number of hydrogen-bond donors (Lipinski definition) is 1. The summed E-state index contributed by atoms with van der Waals surface area (Å²) in [6.45, 7) is 0.953. The highest BCUT2D eigenvalue weighted by molar-refractivity contribution is 7.12. The van der Waals surface area contributed by atoms with Gasteiger partial charge in [0, 0.05) is 49.6 Å². The van der Waals surface area contributed by atoms with Crippen molar-refractivity contribution >= 4 is 51.5 Å². The van der Waals surface area contributed by atoms with Crippen LogP contribution >= 0.6 is 22.9 Å². The normalized spacial score (nSPS) is 15.7. The predicted molar refractivity (Wildman–Crippen MR) is 120 cm³/mol. The average Bonchev–Trinajstić information content (AvgIpc) is 3.22. The summed E-state index contributed by atoms with van der Waals surface area (Å²) in [6, 6.07) is 5.88. The van der Waals surface area contributed by atoms with Gasteiger partial charge < -0.3 is 15.1 Å². The number of fused-ring (bicyclic) bond motifs is 1. The van der Waals surface area contributed by atoms with E-state index >= 15 is 0 Å². The number of thiophene rings is 1. The summed E-state index contributed by atoms with van der Waals surface area (Å²) in [4.78, 5) is 36.1. The highest BCUT2D eigenvalue weighted by atomic mass is 35.5. The van der Waals surface area contributed by atoms with Crippen molar-refractivity contribution in [3.63, 3.8) is 0 Å². The second-order valence-corrected chi connectivity index (χ2v) is 8.70. The lowest BCUT2D eigenvalue weighted by atomic mass is 10.2. The lowest BCUT2D eigenvalue weighted by molar-refractivity contribution is -0.121. The summed E-state index contributed by atoms with van der Waals surface area (Å²) in [5.41, 5.74) is 0.300. The van der Waals surface area contributed by atoms with Gasteiger partial charge in [-0.15, -0.1) is 11.3 Å². The van der Waals surface area contributed by atoms with E-state index in [9.17, 15) is 22.8 Å². The molecule has 0 spiro atoms. The van der Waals surface area contributed by atoms with Crippen molar-refractivity contribution in [1.29, 1.82) is 0 Å². The Hall–Kier alpha value is -2.92. The molecule has 4 rings (SSSR count). The van der Waals surface area contributed by atoms with Crippen molar-refractivity contribution in [2.75, 3.05) is 37.6 Å². The quantitative estimate of drug-likeness (QED) is 0.594. The predicted octanol–water partition coefficient (Wildman–Crippen LogP) is 3.89. The molecule has 3 heterocycles. The van der Waals surface area contributed by atoms with Gasteiger partial charge in [-0.2, -0.15) is 0 Å². The van der Waals surface area contributed by atoms with Crippen LogP contribution in [0.15, 0.2) is 29.6 Å². The van der Waals surface area contributed by atoms with E-state index in [2.05, 4.69) is 15.3 Å². The minimum atomic E-state index is -2.89. The number of carbonyl (C=O) groups excluding carboxylic acids is 2. The monoisotopic (exact) mass is 497 g/mol. The van der Waals surface area contributed by atoms with Crippen molar-refractivity contribution in [3.05, 3.63) is 51.2 Å². The van der Waals surface area contributed by atoms with Crippen LogP contribution in [0, 0.1) is 5.82 Å². The van der Waals surface area contributed by atoms with Gasteiger partial charge in [-0.25, -0.2) is 23.1 Å². The van der Waals surface area contributed by atoms with Crippen LogP contribution in [0.2, 0.25) is 5.02 Å². The Balaban J connectivity index is 1.70. The van der Waals surface area contributed by atoms with E-state index in [0.717, 1.165) is 11.3 Å². The Morgan fingerprint density at radius 2 is 1.97 bits per heavy atom. The van der Waals surface area contributed by atoms with Crippen LogP contribution in [0.4, 0.5) is 19.0 Å². The fourth-order valence-electron chi connectivity index (χ4n) is 3.57. The SMILES string of the molecule is O=C1CCN(C(=O)c2sccc2F)CCN(c2nc(C(F)F)nc3ccc(Cl)cc23)CCN1. The van der Waals surface area contributed by atoms with Crippen molar-refractivity contribution in [2.45, 2.75) is 12.8 Å². The molecule has 33 heavy (non-hydrogen) atoms. The second-order valence-electron chi connectivity index (χ2n) is 7.34. The van der Waals surface area contributed by atoms with E-state index in [0.29, 0.717) is 15.9 Å². The lowest BCUT2D eigenvalue weighted by Crippen LogP contribution is -2.45. The van der Waals surface area contributed by atoms with E-state index < -0.39 is 24.0 Å². The van der Waals surface area contributed by atoms with Crippen LogP contribution in [-0.2, 0) is 4.79 Å². The molecule has 2 aromatic heterocycles. The summed E-state index contributed by atoms with van der Waals surface area (Å²) in [6.07, 6.45) is -2.82. The smallest absolute Gasteiger partial charge is 0.297 e. The summed E-state index contributed by atoms with van der Waals surface area (Å²) in [7, 11) is 0. The largest absolute Gasteiger partial charge is 0.354 e. The molecule has 174 valence electrons. The number of benzene rings is 1. The molecular weight excluding hydrogens is 479 g/mol. The average molecular weight is 498 g/mol. The van der Waals surface area contributed by atoms with E-state index in [1.54, 1.807) is 17.0 Å². The zero-order valence-electron chi connectivity index (χ0n) is 17.2. The maximum absolute atomic E-state index is 14.0. The Labute approximate surface area is 196 Å². The molecule has 1 N–H and O–H groups in total. The third-order valence-electron chi connectivity index (χ3n) is 5.20. The molecule has 1 aromatic carbocycles. The van der Waals surface area contributed by atoms with Gasteiger partial charge in [-0.1, -0.05) is 11.6 Å². The number of amides is 2. The summed E-state index contributed by atoms with van der Waals surface area (Å²) >= 11 is 7.11. The molecule has 1 aliphatic heterocycles. The van der Waals surface area contributed by atoms with Gasteiger partial charge in [-0.05, 0) is 29.6 Å². The molecule has 0 unspecified atom stereocenters. The van der Waals surface area contributed by atoms with Gasteiger partial charge in [0.1, 0.15) is 16.5 Å². The Bertz CT molecular complexity index is 1190. The minimum Gasteiger partial charge on any atom is -0.354 e. The standard InChI is InChI=1S/C21H19ClF3N5O2S/c22-12-1-2-15-13(11-12)20(28-19(27-15)18(24)25)29-7-5-26-16(31)3-6-30(9-8-29)21(32)17-14(23)4-10-33-17/h1-2,4,10-11,18H,3,5-9H2,(H,26,31). The fraction of sp³-hybridized carbons (Fsp3) is 0.333. The fourth-order valence-corrected chi connectivity index (χ4v) is 4.47. The summed E-state index contributed by atoms with van der Waals surface area (Å²) in [5.74, 6) is -1.83. The van der Waals surface area contributed by atoms with Crippen LogP contribution in [0.25, 0.3) is 10.9 Å². The first kappa shape index (κ1) is 23.2. The molecule has 0 atom stereocenters. The summed E-state index contributed by atoms with van der Waals surface area (Å²) < 4.78 is 41.0.